The van der Waals surface area contributed by atoms with Gasteiger partial charge in [-0.2, -0.15) is 0 Å². The Morgan fingerprint density at radius 1 is 1.09 bits per heavy atom. The van der Waals surface area contributed by atoms with Gasteiger partial charge in [-0.05, 0) is 42.8 Å². The van der Waals surface area contributed by atoms with Crippen LogP contribution in [0.4, 0.5) is 0 Å². The van der Waals surface area contributed by atoms with E-state index in [1.54, 1.807) is 61.8 Å². The van der Waals surface area contributed by atoms with Crippen LogP contribution in [0.25, 0.3) is 5.76 Å². The first-order valence-electron chi connectivity index (χ1n) is 9.91. The number of hydrogen-bond donors (Lipinski definition) is 1. The fraction of sp³-hybridized carbons (Fsp3) is 0.208. The van der Waals surface area contributed by atoms with Gasteiger partial charge in [0.25, 0.3) is 11.7 Å². The molecule has 8 nitrogen and oxygen atoms in total. The largest absolute Gasteiger partial charge is 0.506 e. The monoisotopic (exact) mass is 434 g/mol. The van der Waals surface area contributed by atoms with Crippen molar-refractivity contribution in [3.05, 3.63) is 83.1 Å². The van der Waals surface area contributed by atoms with Gasteiger partial charge in [0, 0.05) is 18.9 Å². The summed E-state index contributed by atoms with van der Waals surface area (Å²) in [5.74, 6) is -0.390. The van der Waals surface area contributed by atoms with E-state index in [9.17, 15) is 14.7 Å². The molecule has 8 heteroatoms. The third-order valence-corrected chi connectivity index (χ3v) is 5.31. The SMILES string of the molecule is COc1cccc(OC)c1/C(O)=C1\C(=O)C(=O)N(Cc2cccnc2)C1c1ccc(C)o1. The first kappa shape index (κ1) is 21.2. The molecular formula is C24H22N2O6. The number of aryl methyl sites for hydroxylation is 1. The van der Waals surface area contributed by atoms with Crippen LogP contribution in [0.3, 0.4) is 0 Å². The minimum absolute atomic E-state index is 0.101. The highest BCUT2D eigenvalue weighted by Crippen LogP contribution is 2.44. The van der Waals surface area contributed by atoms with Gasteiger partial charge in [-0.15, -0.1) is 0 Å². The molecule has 1 N–H and O–H groups in total. The quantitative estimate of drug-likeness (QED) is 0.359. The van der Waals surface area contributed by atoms with Gasteiger partial charge in [0.05, 0.1) is 19.8 Å². The number of amides is 1. The van der Waals surface area contributed by atoms with Gasteiger partial charge in [-0.3, -0.25) is 14.6 Å². The summed E-state index contributed by atoms with van der Waals surface area (Å²) < 4.78 is 16.6. The molecule has 1 atom stereocenters. The zero-order chi connectivity index (χ0) is 22.8. The normalized spacial score (nSPS) is 17.6. The van der Waals surface area contributed by atoms with Crippen LogP contribution in [0.1, 0.15) is 28.7 Å². The zero-order valence-corrected chi connectivity index (χ0v) is 17.9. The van der Waals surface area contributed by atoms with Gasteiger partial charge in [0.2, 0.25) is 0 Å². The summed E-state index contributed by atoms with van der Waals surface area (Å²) >= 11 is 0. The number of carbonyl (C=O) groups excluding carboxylic acids is 2. The standard InChI is InChI=1S/C24H22N2O6/c1-14-9-10-18(32-14)21-20(22(27)19-16(30-2)7-4-8-17(19)31-3)23(28)24(29)26(21)13-15-6-5-11-25-12-15/h4-12,21,27H,13H2,1-3H3/b22-20+. The molecule has 0 aliphatic carbocycles. The van der Waals surface area contributed by atoms with Crippen molar-refractivity contribution in [3.8, 4) is 11.5 Å². The summed E-state index contributed by atoms with van der Waals surface area (Å²) in [6, 6.07) is 11.0. The summed E-state index contributed by atoms with van der Waals surface area (Å²) in [6.45, 7) is 1.88. The lowest BCUT2D eigenvalue weighted by Gasteiger charge is -2.23. The first-order valence-corrected chi connectivity index (χ1v) is 9.91. The average molecular weight is 434 g/mol. The summed E-state index contributed by atoms with van der Waals surface area (Å²) in [7, 11) is 2.89. The number of aliphatic hydroxyl groups excluding tert-OH is 1. The molecule has 32 heavy (non-hydrogen) atoms. The summed E-state index contributed by atoms with van der Waals surface area (Å²) in [4.78, 5) is 31.7. The molecule has 164 valence electrons. The Morgan fingerprint density at radius 3 is 2.38 bits per heavy atom. The van der Waals surface area contributed by atoms with E-state index in [1.807, 2.05) is 0 Å². The third kappa shape index (κ3) is 3.60. The van der Waals surface area contributed by atoms with Gasteiger partial charge in [-0.25, -0.2) is 0 Å². The molecule has 1 saturated heterocycles. The zero-order valence-electron chi connectivity index (χ0n) is 17.9. The second kappa shape index (κ2) is 8.58. The predicted octanol–water partition coefficient (Wildman–Crippen LogP) is 3.62. The van der Waals surface area contributed by atoms with Crippen LogP contribution < -0.4 is 9.47 Å². The van der Waals surface area contributed by atoms with Crippen LogP contribution >= 0.6 is 0 Å². The number of aromatic nitrogens is 1. The summed E-state index contributed by atoms with van der Waals surface area (Å²) in [6.07, 6.45) is 3.24. The molecule has 3 aromatic rings. The highest BCUT2D eigenvalue weighted by Gasteiger charge is 2.48. The van der Waals surface area contributed by atoms with Crippen molar-refractivity contribution >= 4 is 17.4 Å². The number of pyridine rings is 1. The van der Waals surface area contributed by atoms with Crippen LogP contribution in [-0.4, -0.2) is 40.9 Å². The molecule has 3 heterocycles. The van der Waals surface area contributed by atoms with Gasteiger partial charge >= 0.3 is 0 Å². The number of aliphatic hydroxyl groups is 1. The fourth-order valence-electron chi connectivity index (χ4n) is 3.85. The molecular weight excluding hydrogens is 412 g/mol. The van der Waals surface area contributed by atoms with E-state index in [1.165, 1.54) is 19.1 Å². The van der Waals surface area contributed by atoms with E-state index in [-0.39, 0.29) is 17.7 Å². The number of rotatable bonds is 6. The maximum atomic E-state index is 13.2. The predicted molar refractivity (Wildman–Crippen MR) is 115 cm³/mol. The van der Waals surface area contributed by atoms with Gasteiger partial charge in [0.15, 0.2) is 0 Å². The van der Waals surface area contributed by atoms with E-state index < -0.39 is 23.5 Å². The van der Waals surface area contributed by atoms with Gasteiger partial charge in [0.1, 0.15) is 40.4 Å². The van der Waals surface area contributed by atoms with Crippen molar-refractivity contribution in [2.75, 3.05) is 14.2 Å². The lowest BCUT2D eigenvalue weighted by atomic mass is 9.98. The molecule has 1 aromatic carbocycles. The molecule has 0 radical (unpaired) electrons. The van der Waals surface area contributed by atoms with Crippen LogP contribution in [-0.2, 0) is 16.1 Å². The molecule has 1 unspecified atom stereocenters. The van der Waals surface area contributed by atoms with Gasteiger partial charge in [-0.1, -0.05) is 12.1 Å². The Hall–Kier alpha value is -4.07. The van der Waals surface area contributed by atoms with E-state index in [4.69, 9.17) is 13.9 Å². The third-order valence-electron chi connectivity index (χ3n) is 5.31. The number of carbonyl (C=O) groups is 2. The van der Waals surface area contributed by atoms with E-state index >= 15 is 0 Å². The molecule has 1 amide bonds. The number of benzene rings is 1. The second-order valence-electron chi connectivity index (χ2n) is 7.27. The van der Waals surface area contributed by atoms with Crippen molar-refractivity contribution in [2.24, 2.45) is 0 Å². The maximum Gasteiger partial charge on any atom is 0.296 e. The van der Waals surface area contributed by atoms with E-state index in [0.717, 1.165) is 5.56 Å². The Balaban J connectivity index is 1.92. The number of furan rings is 1. The minimum Gasteiger partial charge on any atom is -0.506 e. The molecule has 0 bridgehead atoms. The Morgan fingerprint density at radius 2 is 1.81 bits per heavy atom. The topological polar surface area (TPSA) is 102 Å². The first-order chi connectivity index (χ1) is 15.5. The molecule has 1 fully saturated rings. The number of methoxy groups -OCH3 is 2. The van der Waals surface area contributed by atoms with Crippen molar-refractivity contribution in [1.29, 1.82) is 0 Å². The summed E-state index contributed by atoms with van der Waals surface area (Å²) in [5, 5.41) is 11.3. The minimum atomic E-state index is -0.932. The van der Waals surface area contributed by atoms with Crippen molar-refractivity contribution in [1.82, 2.24) is 9.88 Å². The number of likely N-dealkylation sites (tertiary alicyclic amines) is 1. The number of ether oxygens (including phenoxy) is 2. The molecule has 1 aliphatic rings. The van der Waals surface area contributed by atoms with Crippen LogP contribution in [0, 0.1) is 6.92 Å². The molecule has 2 aromatic heterocycles. The van der Waals surface area contributed by atoms with Crippen molar-refractivity contribution in [3.63, 3.8) is 0 Å². The Bertz CT molecular complexity index is 1180. The fourth-order valence-corrected chi connectivity index (χ4v) is 3.85. The van der Waals surface area contributed by atoms with E-state index in [2.05, 4.69) is 4.98 Å². The number of hydrogen-bond acceptors (Lipinski definition) is 7. The van der Waals surface area contributed by atoms with Gasteiger partial charge < -0.3 is 23.9 Å². The summed E-state index contributed by atoms with van der Waals surface area (Å²) in [5.41, 5.74) is 0.818. The van der Waals surface area contributed by atoms with Crippen molar-refractivity contribution in [2.45, 2.75) is 19.5 Å². The lowest BCUT2D eigenvalue weighted by molar-refractivity contribution is -0.140. The van der Waals surface area contributed by atoms with Crippen LogP contribution in [0.2, 0.25) is 0 Å². The molecule has 0 spiro atoms. The van der Waals surface area contributed by atoms with E-state index in [0.29, 0.717) is 23.0 Å². The molecule has 1 aliphatic heterocycles. The lowest BCUT2D eigenvalue weighted by Crippen LogP contribution is -2.29. The highest BCUT2D eigenvalue weighted by atomic mass is 16.5. The molecule has 0 saturated carbocycles. The van der Waals surface area contributed by atoms with Crippen LogP contribution in [0.5, 0.6) is 11.5 Å². The number of Topliss-reactive ketones (excluding diaryl/α,β-unsaturated/α-hetero) is 1. The van der Waals surface area contributed by atoms with Crippen LogP contribution in [0.15, 0.2) is 64.8 Å². The number of ketones is 1. The Kier molecular flexibility index (Phi) is 5.68. The second-order valence-corrected chi connectivity index (χ2v) is 7.27. The Labute approximate surface area is 184 Å². The smallest absolute Gasteiger partial charge is 0.296 e. The average Bonchev–Trinajstić information content (AvgIpc) is 3.34. The van der Waals surface area contributed by atoms with Crippen molar-refractivity contribution < 1.29 is 28.6 Å². The molecule has 4 rings (SSSR count). The maximum absolute atomic E-state index is 13.2. The number of nitrogens with zero attached hydrogens (tertiary/aromatic N) is 2. The highest BCUT2D eigenvalue weighted by molar-refractivity contribution is 6.46.